The molecule has 87 heavy (non-hydrogen) atoms. The van der Waals surface area contributed by atoms with E-state index in [-0.39, 0.29) is 0 Å². The number of furan rings is 2. The Kier molecular flexibility index (Phi) is 12.8. The van der Waals surface area contributed by atoms with Crippen molar-refractivity contribution in [2.45, 2.75) is 0 Å². The first-order valence-corrected chi connectivity index (χ1v) is 29.3. The molecule has 3 aromatic heterocycles. The highest BCUT2D eigenvalue weighted by atomic mass is 16.3. The molecular formula is C81H52N4O2. The normalized spacial score (nSPS) is 11.4. The number of para-hydroxylation sites is 2. The zero-order valence-electron chi connectivity index (χ0n) is 47.1. The minimum Gasteiger partial charge on any atom is -0.456 e. The topological polar surface area (TPSA) is 68.2 Å². The summed E-state index contributed by atoms with van der Waals surface area (Å²) in [5.41, 5.74) is 21.3. The molecule has 0 N–H and O–H groups in total. The Morgan fingerprint density at radius 3 is 0.931 bits per heavy atom. The minimum atomic E-state index is 0.504. The van der Waals surface area contributed by atoms with Gasteiger partial charge in [0, 0.05) is 60.5 Å². The van der Waals surface area contributed by atoms with Crippen LogP contribution in [0.5, 0.6) is 0 Å². The van der Waals surface area contributed by atoms with Gasteiger partial charge >= 0.3 is 0 Å². The predicted molar refractivity (Wildman–Crippen MR) is 358 cm³/mol. The van der Waals surface area contributed by atoms with E-state index in [1.807, 2.05) is 48.5 Å². The van der Waals surface area contributed by atoms with Crippen molar-refractivity contribution in [3.05, 3.63) is 315 Å². The molecule has 6 heteroatoms. The Morgan fingerprint density at radius 2 is 0.540 bits per heavy atom. The fourth-order valence-electron chi connectivity index (χ4n) is 12.5. The van der Waals surface area contributed by atoms with Crippen LogP contribution in [0.3, 0.4) is 0 Å². The number of benzene rings is 13. The quantitative estimate of drug-likeness (QED) is 0.121. The van der Waals surface area contributed by atoms with Crippen LogP contribution in [0.1, 0.15) is 0 Å². The lowest BCUT2D eigenvalue weighted by molar-refractivity contribution is 0.668. The van der Waals surface area contributed by atoms with Crippen LogP contribution in [0.15, 0.2) is 324 Å². The molecule has 0 atom stereocenters. The summed E-state index contributed by atoms with van der Waals surface area (Å²) in [7, 11) is 0. The number of anilines is 3. The first-order chi connectivity index (χ1) is 43.1. The van der Waals surface area contributed by atoms with Crippen molar-refractivity contribution in [2.24, 2.45) is 0 Å². The highest BCUT2D eigenvalue weighted by molar-refractivity contribution is 6.10. The highest BCUT2D eigenvalue weighted by Crippen LogP contribution is 2.55. The van der Waals surface area contributed by atoms with Gasteiger partial charge in [0.25, 0.3) is 0 Å². The first-order valence-electron chi connectivity index (χ1n) is 29.3. The van der Waals surface area contributed by atoms with E-state index >= 15 is 0 Å². The summed E-state index contributed by atoms with van der Waals surface area (Å²) in [6, 6.07) is 111. The number of hydrogen-bond acceptors (Lipinski definition) is 6. The standard InChI is InChI=1S/C81H52N4O2/c1-7-25-53(26-8-1)62-39-23-41-70(76(62)57-33-15-5-16-34-57)85(71-42-24-40-63(54-27-9-2-10-28-54)77(71)58-35-17-6-18-36-58)78-68(55-29-11-3-12-30-55)49-61(50-69(78)56-31-13-4-14-32-56)81-83-79(59-45-47-66-64-37-19-21-43-72(64)86-74(66)51-59)82-80(84-81)60-46-48-67-65-38-20-22-44-73(65)87-75(67)52-60/h1-52H. The van der Waals surface area contributed by atoms with Crippen LogP contribution >= 0.6 is 0 Å². The van der Waals surface area contributed by atoms with Crippen LogP contribution in [-0.2, 0) is 0 Å². The van der Waals surface area contributed by atoms with Gasteiger partial charge in [0.1, 0.15) is 22.3 Å². The Morgan fingerprint density at radius 1 is 0.218 bits per heavy atom. The third-order valence-corrected chi connectivity index (χ3v) is 16.5. The molecule has 0 aliphatic carbocycles. The summed E-state index contributed by atoms with van der Waals surface area (Å²) < 4.78 is 13.0. The SMILES string of the molecule is c1ccc(-c2cccc(N(c3cccc(-c4ccccc4)c3-c3ccccc3)c3c(-c4ccccc4)cc(-c4nc(-c5ccc6c(c5)oc5ccccc56)nc(-c5ccc6c(c5)oc5ccccc56)n4)cc3-c3ccccc3)c2-c2ccccc2)cc1. The third kappa shape index (κ3) is 9.30. The molecular weight excluding hydrogens is 1060 g/mol. The van der Waals surface area contributed by atoms with E-state index in [0.717, 1.165) is 144 Å². The first kappa shape index (κ1) is 51.0. The van der Waals surface area contributed by atoms with Crippen LogP contribution in [0, 0.1) is 0 Å². The lowest BCUT2D eigenvalue weighted by atomic mass is 9.87. The van der Waals surface area contributed by atoms with Crippen LogP contribution in [0.2, 0.25) is 0 Å². The predicted octanol–water partition coefficient (Wildman–Crippen LogP) is 22.1. The van der Waals surface area contributed by atoms with Gasteiger partial charge in [-0.1, -0.05) is 255 Å². The molecule has 13 aromatic carbocycles. The Labute approximate surface area is 503 Å². The molecule has 0 aliphatic heterocycles. The second-order valence-electron chi connectivity index (χ2n) is 21.8. The number of nitrogens with zero attached hydrogens (tertiary/aromatic N) is 4. The largest absolute Gasteiger partial charge is 0.456 e. The average molecular weight is 1110 g/mol. The molecule has 0 amide bonds. The molecule has 408 valence electrons. The molecule has 0 saturated carbocycles. The number of hydrogen-bond donors (Lipinski definition) is 0. The molecule has 0 spiro atoms. The molecule has 0 saturated heterocycles. The van der Waals surface area contributed by atoms with Gasteiger partial charge in [0.15, 0.2) is 17.5 Å². The van der Waals surface area contributed by atoms with E-state index in [2.05, 4.69) is 272 Å². The molecule has 6 nitrogen and oxygen atoms in total. The van der Waals surface area contributed by atoms with E-state index in [1.54, 1.807) is 0 Å². The van der Waals surface area contributed by atoms with Crippen LogP contribution in [0.25, 0.3) is 145 Å². The van der Waals surface area contributed by atoms with Crippen molar-refractivity contribution < 1.29 is 8.83 Å². The van der Waals surface area contributed by atoms with Gasteiger partial charge in [-0.3, -0.25) is 0 Å². The molecule has 0 aliphatic rings. The van der Waals surface area contributed by atoms with Crippen LogP contribution in [0.4, 0.5) is 17.1 Å². The lowest BCUT2D eigenvalue weighted by Crippen LogP contribution is -2.16. The van der Waals surface area contributed by atoms with E-state index in [1.165, 1.54) is 0 Å². The van der Waals surface area contributed by atoms with Crippen molar-refractivity contribution >= 4 is 60.9 Å². The summed E-state index contributed by atoms with van der Waals surface area (Å²) in [4.78, 5) is 18.9. The summed E-state index contributed by atoms with van der Waals surface area (Å²) in [6.45, 7) is 0. The summed E-state index contributed by atoms with van der Waals surface area (Å²) in [6.07, 6.45) is 0. The molecule has 16 aromatic rings. The van der Waals surface area contributed by atoms with Crippen molar-refractivity contribution in [1.82, 2.24) is 15.0 Å². The van der Waals surface area contributed by atoms with E-state index in [9.17, 15) is 0 Å². The smallest absolute Gasteiger partial charge is 0.164 e. The fourth-order valence-corrected chi connectivity index (χ4v) is 12.5. The maximum absolute atomic E-state index is 6.51. The van der Waals surface area contributed by atoms with Gasteiger partial charge < -0.3 is 13.7 Å². The minimum absolute atomic E-state index is 0.504. The van der Waals surface area contributed by atoms with Crippen molar-refractivity contribution in [2.75, 3.05) is 4.90 Å². The number of aromatic nitrogens is 3. The van der Waals surface area contributed by atoms with Gasteiger partial charge in [-0.2, -0.15) is 0 Å². The molecule has 0 unspecified atom stereocenters. The summed E-state index contributed by atoms with van der Waals surface area (Å²) in [5.74, 6) is 1.51. The maximum Gasteiger partial charge on any atom is 0.164 e. The Balaban J connectivity index is 1.02. The van der Waals surface area contributed by atoms with Crippen molar-refractivity contribution in [3.63, 3.8) is 0 Å². The number of rotatable bonds is 12. The molecule has 3 heterocycles. The van der Waals surface area contributed by atoms with Crippen molar-refractivity contribution in [3.8, 4) is 101 Å². The van der Waals surface area contributed by atoms with Crippen LogP contribution < -0.4 is 4.90 Å². The Hall–Kier alpha value is -11.7. The molecule has 16 rings (SSSR count). The second kappa shape index (κ2) is 21.8. The zero-order valence-corrected chi connectivity index (χ0v) is 47.1. The third-order valence-electron chi connectivity index (χ3n) is 16.5. The van der Waals surface area contributed by atoms with Gasteiger partial charge in [-0.25, -0.2) is 15.0 Å². The van der Waals surface area contributed by atoms with E-state index in [0.29, 0.717) is 17.5 Å². The van der Waals surface area contributed by atoms with E-state index < -0.39 is 0 Å². The number of fused-ring (bicyclic) bond motifs is 6. The summed E-state index contributed by atoms with van der Waals surface area (Å²) >= 11 is 0. The van der Waals surface area contributed by atoms with Crippen LogP contribution in [-0.4, -0.2) is 15.0 Å². The van der Waals surface area contributed by atoms with Crippen molar-refractivity contribution in [1.29, 1.82) is 0 Å². The van der Waals surface area contributed by atoms with Gasteiger partial charge in [-0.05, 0) is 105 Å². The van der Waals surface area contributed by atoms with Gasteiger partial charge in [0.05, 0.1) is 17.1 Å². The average Bonchev–Trinajstić information content (AvgIpc) is 2.09. The Bertz CT molecular complexity index is 4880. The zero-order chi connectivity index (χ0) is 57.6. The monoisotopic (exact) mass is 1110 g/mol. The molecule has 0 radical (unpaired) electrons. The molecule has 0 bridgehead atoms. The lowest BCUT2D eigenvalue weighted by Gasteiger charge is -2.35. The highest BCUT2D eigenvalue weighted by Gasteiger charge is 2.30. The fraction of sp³-hybridized carbons (Fsp3) is 0. The van der Waals surface area contributed by atoms with E-state index in [4.69, 9.17) is 23.8 Å². The second-order valence-corrected chi connectivity index (χ2v) is 21.8. The molecule has 0 fully saturated rings. The van der Waals surface area contributed by atoms with Gasteiger partial charge in [0.2, 0.25) is 0 Å². The maximum atomic E-state index is 6.51. The summed E-state index contributed by atoms with van der Waals surface area (Å²) in [5, 5.41) is 4.15. The van der Waals surface area contributed by atoms with Gasteiger partial charge in [-0.15, -0.1) is 0 Å².